The molecule has 0 unspecified atom stereocenters. The SMILES string of the molecule is COCc1cc(CNC(=O)c2cnn3cc(C)cnc23)no1. The number of rotatable bonds is 5. The third kappa shape index (κ3) is 2.82. The van der Waals surface area contributed by atoms with Gasteiger partial charge in [-0.05, 0) is 12.5 Å². The molecule has 0 spiro atoms. The van der Waals surface area contributed by atoms with Gasteiger partial charge in [0.25, 0.3) is 5.91 Å². The van der Waals surface area contributed by atoms with Crippen LogP contribution in [-0.2, 0) is 17.9 Å². The predicted octanol–water partition coefficient (Wildman–Crippen LogP) is 1.10. The first-order chi connectivity index (χ1) is 10.7. The van der Waals surface area contributed by atoms with Gasteiger partial charge in [0.05, 0.1) is 12.7 Å². The van der Waals surface area contributed by atoms with Crippen molar-refractivity contribution in [3.8, 4) is 0 Å². The van der Waals surface area contributed by atoms with E-state index in [-0.39, 0.29) is 12.5 Å². The quantitative estimate of drug-likeness (QED) is 0.758. The summed E-state index contributed by atoms with van der Waals surface area (Å²) in [7, 11) is 1.57. The summed E-state index contributed by atoms with van der Waals surface area (Å²) in [5.74, 6) is 0.350. The zero-order valence-electron chi connectivity index (χ0n) is 12.2. The molecule has 0 fully saturated rings. The Kier molecular flexibility index (Phi) is 3.84. The molecule has 22 heavy (non-hydrogen) atoms. The maximum absolute atomic E-state index is 12.2. The summed E-state index contributed by atoms with van der Waals surface area (Å²) in [5, 5.41) is 10.8. The third-order valence-corrected chi connectivity index (χ3v) is 3.05. The lowest BCUT2D eigenvalue weighted by Crippen LogP contribution is -2.23. The molecule has 0 saturated heterocycles. The van der Waals surface area contributed by atoms with Crippen molar-refractivity contribution in [3.05, 3.63) is 47.2 Å². The molecule has 1 amide bonds. The standard InChI is InChI=1S/C14H15N5O3/c1-9-4-15-13-12(6-17-19(13)7-9)14(20)16-5-10-3-11(8-21-2)22-18-10/h3-4,6-7H,5,8H2,1-2H3,(H,16,20). The molecule has 8 heteroatoms. The Morgan fingerprint density at radius 1 is 1.45 bits per heavy atom. The molecule has 3 aromatic heterocycles. The van der Waals surface area contributed by atoms with Crippen LogP contribution in [0.1, 0.15) is 27.4 Å². The highest BCUT2D eigenvalue weighted by Crippen LogP contribution is 2.09. The van der Waals surface area contributed by atoms with Gasteiger partial charge in [0.15, 0.2) is 11.4 Å². The predicted molar refractivity (Wildman–Crippen MR) is 76.1 cm³/mol. The van der Waals surface area contributed by atoms with Crippen molar-refractivity contribution in [2.75, 3.05) is 7.11 Å². The number of amides is 1. The molecular weight excluding hydrogens is 286 g/mol. The summed E-state index contributed by atoms with van der Waals surface area (Å²) in [5.41, 5.74) is 2.53. The minimum atomic E-state index is -0.261. The van der Waals surface area contributed by atoms with E-state index in [1.165, 1.54) is 6.20 Å². The molecule has 0 radical (unpaired) electrons. The number of hydrogen-bond acceptors (Lipinski definition) is 6. The number of hydrogen-bond donors (Lipinski definition) is 1. The molecule has 8 nitrogen and oxygen atoms in total. The van der Waals surface area contributed by atoms with Crippen molar-refractivity contribution >= 4 is 11.6 Å². The molecule has 1 N–H and O–H groups in total. The normalized spacial score (nSPS) is 11.0. The van der Waals surface area contributed by atoms with Crippen LogP contribution in [0.25, 0.3) is 5.65 Å². The van der Waals surface area contributed by atoms with Crippen molar-refractivity contribution in [1.82, 2.24) is 25.1 Å². The van der Waals surface area contributed by atoms with Crippen molar-refractivity contribution in [1.29, 1.82) is 0 Å². The second kappa shape index (κ2) is 5.94. The number of nitrogens with zero attached hydrogens (tertiary/aromatic N) is 4. The summed E-state index contributed by atoms with van der Waals surface area (Å²) >= 11 is 0. The van der Waals surface area contributed by atoms with Crippen LogP contribution in [0, 0.1) is 6.92 Å². The second-order valence-corrected chi connectivity index (χ2v) is 4.86. The highest BCUT2D eigenvalue weighted by Gasteiger charge is 2.14. The number of fused-ring (bicyclic) bond motifs is 1. The van der Waals surface area contributed by atoms with Crippen LogP contribution in [0.15, 0.2) is 29.2 Å². The monoisotopic (exact) mass is 301 g/mol. The van der Waals surface area contributed by atoms with E-state index >= 15 is 0 Å². The molecule has 0 aromatic carbocycles. The topological polar surface area (TPSA) is 94.5 Å². The molecule has 114 valence electrons. The summed E-state index contributed by atoms with van der Waals surface area (Å²) in [6.07, 6.45) is 5.01. The average Bonchev–Trinajstić information content (AvgIpc) is 3.11. The summed E-state index contributed by atoms with van der Waals surface area (Å²) in [6, 6.07) is 1.74. The molecule has 0 saturated carbocycles. The Labute approximate surface area is 126 Å². The van der Waals surface area contributed by atoms with Crippen LogP contribution in [0.3, 0.4) is 0 Å². The maximum Gasteiger partial charge on any atom is 0.257 e. The molecule has 3 aromatic rings. The highest BCUT2D eigenvalue weighted by molar-refractivity contribution is 5.99. The van der Waals surface area contributed by atoms with E-state index in [2.05, 4.69) is 20.6 Å². The van der Waals surface area contributed by atoms with Gasteiger partial charge in [-0.1, -0.05) is 5.16 Å². The van der Waals surface area contributed by atoms with E-state index in [0.717, 1.165) is 5.56 Å². The number of nitrogens with one attached hydrogen (secondary N) is 1. The molecule has 0 aliphatic carbocycles. The Bertz CT molecular complexity index is 808. The van der Waals surface area contributed by atoms with Crippen molar-refractivity contribution in [2.45, 2.75) is 20.1 Å². The summed E-state index contributed by atoms with van der Waals surface area (Å²) in [4.78, 5) is 16.5. The first kappa shape index (κ1) is 14.2. The van der Waals surface area contributed by atoms with E-state index < -0.39 is 0 Å². The maximum atomic E-state index is 12.2. The lowest BCUT2D eigenvalue weighted by atomic mass is 10.3. The van der Waals surface area contributed by atoms with E-state index in [9.17, 15) is 4.79 Å². The van der Waals surface area contributed by atoms with Gasteiger partial charge in [-0.15, -0.1) is 0 Å². The van der Waals surface area contributed by atoms with Crippen LogP contribution < -0.4 is 5.32 Å². The highest BCUT2D eigenvalue weighted by atomic mass is 16.5. The lowest BCUT2D eigenvalue weighted by Gasteiger charge is -2.01. The molecule has 0 aliphatic heterocycles. The Morgan fingerprint density at radius 3 is 3.14 bits per heavy atom. The van der Waals surface area contributed by atoms with Gasteiger partial charge in [0.1, 0.15) is 17.9 Å². The third-order valence-electron chi connectivity index (χ3n) is 3.05. The van der Waals surface area contributed by atoms with Gasteiger partial charge in [-0.2, -0.15) is 5.10 Å². The minimum absolute atomic E-state index is 0.259. The number of carbonyl (C=O) groups is 1. The van der Waals surface area contributed by atoms with Gasteiger partial charge in [0, 0.05) is 25.6 Å². The zero-order chi connectivity index (χ0) is 15.5. The Morgan fingerprint density at radius 2 is 2.32 bits per heavy atom. The first-order valence-corrected chi connectivity index (χ1v) is 6.69. The number of aromatic nitrogens is 4. The zero-order valence-corrected chi connectivity index (χ0v) is 12.2. The van der Waals surface area contributed by atoms with Crippen molar-refractivity contribution in [3.63, 3.8) is 0 Å². The van der Waals surface area contributed by atoms with Gasteiger partial charge in [-0.25, -0.2) is 9.50 Å². The molecule has 0 bridgehead atoms. The fourth-order valence-corrected chi connectivity index (χ4v) is 2.04. The Hall–Kier alpha value is -2.74. The fraction of sp³-hybridized carbons (Fsp3) is 0.286. The van der Waals surface area contributed by atoms with Crippen molar-refractivity contribution in [2.24, 2.45) is 0 Å². The van der Waals surface area contributed by atoms with Gasteiger partial charge < -0.3 is 14.6 Å². The number of methoxy groups -OCH3 is 1. The minimum Gasteiger partial charge on any atom is -0.377 e. The number of ether oxygens (including phenoxy) is 1. The van der Waals surface area contributed by atoms with Crippen LogP contribution >= 0.6 is 0 Å². The van der Waals surface area contributed by atoms with Crippen LogP contribution in [0.4, 0.5) is 0 Å². The lowest BCUT2D eigenvalue weighted by molar-refractivity contribution is 0.0951. The average molecular weight is 301 g/mol. The van der Waals surface area contributed by atoms with Crippen LogP contribution in [0.5, 0.6) is 0 Å². The van der Waals surface area contributed by atoms with E-state index in [0.29, 0.717) is 29.3 Å². The van der Waals surface area contributed by atoms with Gasteiger partial charge in [-0.3, -0.25) is 4.79 Å². The van der Waals surface area contributed by atoms with Gasteiger partial charge >= 0.3 is 0 Å². The first-order valence-electron chi connectivity index (χ1n) is 6.69. The largest absolute Gasteiger partial charge is 0.377 e. The Balaban J connectivity index is 1.70. The van der Waals surface area contributed by atoms with E-state index in [4.69, 9.17) is 9.26 Å². The van der Waals surface area contributed by atoms with Gasteiger partial charge in [0.2, 0.25) is 0 Å². The van der Waals surface area contributed by atoms with Crippen LogP contribution in [0.2, 0.25) is 0 Å². The number of aryl methyl sites for hydroxylation is 1. The van der Waals surface area contributed by atoms with E-state index in [1.807, 2.05) is 13.1 Å². The molecule has 0 aliphatic rings. The summed E-state index contributed by atoms with van der Waals surface area (Å²) < 4.78 is 11.6. The molecular formula is C14H15N5O3. The fourth-order valence-electron chi connectivity index (χ4n) is 2.04. The van der Waals surface area contributed by atoms with Crippen molar-refractivity contribution < 1.29 is 14.1 Å². The smallest absolute Gasteiger partial charge is 0.257 e. The summed E-state index contributed by atoms with van der Waals surface area (Å²) in [6.45, 7) is 2.52. The van der Waals surface area contributed by atoms with E-state index in [1.54, 1.807) is 23.9 Å². The second-order valence-electron chi connectivity index (χ2n) is 4.86. The molecule has 3 rings (SSSR count). The molecule has 0 atom stereocenters. The van der Waals surface area contributed by atoms with Crippen LogP contribution in [-0.4, -0.2) is 32.8 Å². The number of carbonyl (C=O) groups excluding carboxylic acids is 1. The molecule has 3 heterocycles.